The van der Waals surface area contributed by atoms with Gasteiger partial charge in [-0.2, -0.15) is 0 Å². The number of carboxylic acids is 1. The Morgan fingerprint density at radius 1 is 0.889 bits per heavy atom. The average Bonchev–Trinajstić information content (AvgIpc) is 2.34. The molecular formula is C14H25O4-. The number of hydrogen-bond acceptors (Lipinski definition) is 4. The molecule has 0 heterocycles. The van der Waals surface area contributed by atoms with E-state index in [1.54, 1.807) is 0 Å². The van der Waals surface area contributed by atoms with E-state index in [1.165, 1.54) is 0 Å². The predicted octanol–water partition coefficient (Wildman–Crippen LogP) is 2.20. The van der Waals surface area contributed by atoms with Crippen molar-refractivity contribution < 1.29 is 19.4 Å². The Hall–Kier alpha value is -1.06. The van der Waals surface area contributed by atoms with Gasteiger partial charge in [-0.3, -0.25) is 4.79 Å². The molecule has 0 aliphatic heterocycles. The summed E-state index contributed by atoms with van der Waals surface area (Å²) in [6.45, 7) is 2.50. The summed E-state index contributed by atoms with van der Waals surface area (Å²) < 4.78 is 4.97. The van der Waals surface area contributed by atoms with Gasteiger partial charge in [0, 0.05) is 12.4 Å². The van der Waals surface area contributed by atoms with Crippen molar-refractivity contribution in [2.75, 3.05) is 6.61 Å². The van der Waals surface area contributed by atoms with Gasteiger partial charge in [0.1, 0.15) is 0 Å². The lowest BCUT2D eigenvalue weighted by Crippen LogP contribution is -2.21. The molecule has 0 saturated heterocycles. The van der Waals surface area contributed by atoms with Gasteiger partial charge in [0.25, 0.3) is 0 Å². The number of aliphatic carboxylic acids is 1. The second-order valence-electron chi connectivity index (χ2n) is 4.57. The quantitative estimate of drug-likeness (QED) is 0.397. The molecule has 0 amide bonds. The number of esters is 1. The summed E-state index contributed by atoms with van der Waals surface area (Å²) in [4.78, 5) is 21.3. The molecule has 0 fully saturated rings. The van der Waals surface area contributed by atoms with Crippen molar-refractivity contribution in [1.29, 1.82) is 0 Å². The van der Waals surface area contributed by atoms with E-state index >= 15 is 0 Å². The second-order valence-corrected chi connectivity index (χ2v) is 4.57. The highest BCUT2D eigenvalue weighted by Gasteiger charge is 2.01. The van der Waals surface area contributed by atoms with Gasteiger partial charge in [0.15, 0.2) is 0 Å². The molecule has 0 bridgehead atoms. The minimum atomic E-state index is -0.958. The lowest BCUT2D eigenvalue weighted by molar-refractivity contribution is -0.305. The van der Waals surface area contributed by atoms with Gasteiger partial charge in [0.05, 0.1) is 6.61 Å². The van der Waals surface area contributed by atoms with Crippen LogP contribution in [0.4, 0.5) is 0 Å². The van der Waals surface area contributed by atoms with E-state index in [9.17, 15) is 14.7 Å². The van der Waals surface area contributed by atoms with Crippen molar-refractivity contribution in [2.24, 2.45) is 0 Å². The number of carbonyl (C=O) groups excluding carboxylic acids is 2. The van der Waals surface area contributed by atoms with Crippen LogP contribution in [0.3, 0.4) is 0 Å². The van der Waals surface area contributed by atoms with Gasteiger partial charge >= 0.3 is 5.97 Å². The van der Waals surface area contributed by atoms with Gasteiger partial charge in [-0.15, -0.1) is 0 Å². The molecule has 106 valence electrons. The molecule has 0 N–H and O–H groups in total. The van der Waals surface area contributed by atoms with Crippen molar-refractivity contribution in [3.63, 3.8) is 0 Å². The van der Waals surface area contributed by atoms with Crippen LogP contribution in [0.1, 0.15) is 71.1 Å². The summed E-state index contributed by atoms with van der Waals surface area (Å²) >= 11 is 0. The lowest BCUT2D eigenvalue weighted by atomic mass is 10.1. The molecule has 0 radical (unpaired) electrons. The van der Waals surface area contributed by atoms with Gasteiger partial charge in [0.2, 0.25) is 0 Å². The van der Waals surface area contributed by atoms with Crippen LogP contribution in [0.5, 0.6) is 0 Å². The molecule has 0 aromatic rings. The fourth-order valence-electron chi connectivity index (χ4n) is 1.71. The lowest BCUT2D eigenvalue weighted by Gasteiger charge is -2.04. The summed E-state index contributed by atoms with van der Waals surface area (Å²) in [6, 6.07) is 0. The summed E-state index contributed by atoms with van der Waals surface area (Å²) in [6.07, 6.45) is 8.43. The minimum absolute atomic E-state index is 0.0918. The molecule has 0 aliphatic carbocycles. The van der Waals surface area contributed by atoms with Crippen LogP contribution in [0, 0.1) is 0 Å². The summed E-state index contributed by atoms with van der Waals surface area (Å²) in [5, 5.41) is 10.2. The Bertz CT molecular complexity index is 226. The number of ether oxygens (including phenoxy) is 1. The highest BCUT2D eigenvalue weighted by Crippen LogP contribution is 2.09. The third-order valence-electron chi connectivity index (χ3n) is 2.73. The second kappa shape index (κ2) is 12.4. The van der Waals surface area contributed by atoms with E-state index in [4.69, 9.17) is 4.74 Å². The summed E-state index contributed by atoms with van der Waals surface area (Å²) in [5.41, 5.74) is 0. The van der Waals surface area contributed by atoms with E-state index in [1.807, 2.05) is 6.92 Å². The van der Waals surface area contributed by atoms with Crippen molar-refractivity contribution in [3.05, 3.63) is 0 Å². The van der Waals surface area contributed by atoms with E-state index in [-0.39, 0.29) is 12.4 Å². The molecule has 0 aromatic heterocycles. The van der Waals surface area contributed by atoms with Gasteiger partial charge in [-0.1, -0.05) is 39.0 Å². The van der Waals surface area contributed by atoms with Crippen LogP contribution in [0.15, 0.2) is 0 Å². The third-order valence-corrected chi connectivity index (χ3v) is 2.73. The van der Waals surface area contributed by atoms with Gasteiger partial charge in [-0.05, 0) is 25.7 Å². The Morgan fingerprint density at radius 2 is 1.39 bits per heavy atom. The first-order valence-electron chi connectivity index (χ1n) is 7.02. The maximum Gasteiger partial charge on any atom is 0.305 e. The number of rotatable bonds is 12. The molecule has 0 atom stereocenters. The monoisotopic (exact) mass is 257 g/mol. The average molecular weight is 257 g/mol. The number of carboxylic acid groups (broad SMARTS) is 1. The Balaban J connectivity index is 3.11. The first-order chi connectivity index (χ1) is 8.66. The molecular weight excluding hydrogens is 232 g/mol. The maximum absolute atomic E-state index is 11.2. The molecule has 0 aliphatic rings. The van der Waals surface area contributed by atoms with Crippen LogP contribution < -0.4 is 5.11 Å². The summed E-state index contributed by atoms with van der Waals surface area (Å²) in [7, 11) is 0. The predicted molar refractivity (Wildman–Crippen MR) is 67.8 cm³/mol. The number of hydrogen-bond donors (Lipinski definition) is 0. The highest BCUT2D eigenvalue weighted by molar-refractivity contribution is 5.69. The summed E-state index contributed by atoms with van der Waals surface area (Å²) in [5.74, 6) is -1.05. The number of unbranched alkanes of at least 4 members (excludes halogenated alkanes) is 6. The first kappa shape index (κ1) is 16.9. The zero-order valence-corrected chi connectivity index (χ0v) is 11.4. The van der Waals surface area contributed by atoms with Crippen LogP contribution >= 0.6 is 0 Å². The Labute approximate surface area is 110 Å². The molecule has 0 spiro atoms. The maximum atomic E-state index is 11.2. The van der Waals surface area contributed by atoms with E-state index in [0.29, 0.717) is 19.4 Å². The molecule has 0 saturated carbocycles. The van der Waals surface area contributed by atoms with Gasteiger partial charge < -0.3 is 14.6 Å². The Kier molecular flexibility index (Phi) is 11.7. The van der Waals surface area contributed by atoms with Crippen molar-refractivity contribution in [1.82, 2.24) is 0 Å². The SMILES string of the molecule is CCCOC(=O)CCCCCCCCCC(=O)[O-]. The molecule has 4 nitrogen and oxygen atoms in total. The van der Waals surface area contributed by atoms with E-state index in [0.717, 1.165) is 44.9 Å². The van der Waals surface area contributed by atoms with Gasteiger partial charge in [-0.25, -0.2) is 0 Å². The zero-order chi connectivity index (χ0) is 13.6. The fourth-order valence-corrected chi connectivity index (χ4v) is 1.71. The topological polar surface area (TPSA) is 66.4 Å². The van der Waals surface area contributed by atoms with Crippen molar-refractivity contribution >= 4 is 11.9 Å². The van der Waals surface area contributed by atoms with Crippen LogP contribution in [-0.4, -0.2) is 18.5 Å². The normalized spacial score (nSPS) is 10.3. The van der Waals surface area contributed by atoms with E-state index < -0.39 is 5.97 Å². The van der Waals surface area contributed by atoms with Crippen LogP contribution in [0.2, 0.25) is 0 Å². The highest BCUT2D eigenvalue weighted by atomic mass is 16.5. The van der Waals surface area contributed by atoms with Crippen LogP contribution in [0.25, 0.3) is 0 Å². The largest absolute Gasteiger partial charge is 0.550 e. The first-order valence-corrected chi connectivity index (χ1v) is 7.02. The molecule has 0 rings (SSSR count). The zero-order valence-electron chi connectivity index (χ0n) is 11.4. The van der Waals surface area contributed by atoms with Crippen molar-refractivity contribution in [2.45, 2.75) is 71.1 Å². The fraction of sp³-hybridized carbons (Fsp3) is 0.857. The number of carbonyl (C=O) groups is 2. The molecule has 4 heteroatoms. The van der Waals surface area contributed by atoms with Crippen LogP contribution in [-0.2, 0) is 14.3 Å². The Morgan fingerprint density at radius 3 is 1.89 bits per heavy atom. The molecule has 18 heavy (non-hydrogen) atoms. The third kappa shape index (κ3) is 13.0. The smallest absolute Gasteiger partial charge is 0.305 e. The standard InChI is InChI=1S/C14H26O4/c1-2-12-18-14(17)11-9-7-5-3-4-6-8-10-13(15)16/h2-12H2,1H3,(H,15,16)/p-1. The molecule has 0 aromatic carbocycles. The molecule has 0 unspecified atom stereocenters. The minimum Gasteiger partial charge on any atom is -0.550 e. The van der Waals surface area contributed by atoms with E-state index in [2.05, 4.69) is 0 Å². The van der Waals surface area contributed by atoms with Crippen molar-refractivity contribution in [3.8, 4) is 0 Å².